The first-order valence-electron chi connectivity index (χ1n) is 13.8. The second-order valence-corrected chi connectivity index (χ2v) is 13.9. The molecule has 3 atom stereocenters. The largest absolute Gasteiger partial charge is 0.493 e. The fourth-order valence-corrected chi connectivity index (χ4v) is 7.46. The van der Waals surface area contributed by atoms with Crippen LogP contribution in [0.25, 0.3) is 0 Å². The van der Waals surface area contributed by atoms with Gasteiger partial charge in [0, 0.05) is 42.2 Å². The highest BCUT2D eigenvalue weighted by Gasteiger charge is 2.41. The van der Waals surface area contributed by atoms with Gasteiger partial charge in [-0.2, -0.15) is 0 Å². The van der Waals surface area contributed by atoms with Crippen LogP contribution in [0.1, 0.15) is 56.4 Å². The first-order chi connectivity index (χ1) is 19.5. The number of aliphatic carboxylic acids is 1. The molecule has 0 saturated carbocycles. The van der Waals surface area contributed by atoms with E-state index >= 15 is 0 Å². The molecule has 1 fully saturated rings. The lowest BCUT2D eigenvalue weighted by Crippen LogP contribution is -2.46. The molecule has 1 saturated heterocycles. The summed E-state index contributed by atoms with van der Waals surface area (Å²) in [5.41, 5.74) is 2.47. The van der Waals surface area contributed by atoms with Crippen molar-refractivity contribution in [1.82, 2.24) is 4.90 Å². The number of benzene rings is 2. The van der Waals surface area contributed by atoms with Crippen LogP contribution in [-0.2, 0) is 14.4 Å². The van der Waals surface area contributed by atoms with E-state index in [-0.39, 0.29) is 35.4 Å². The summed E-state index contributed by atoms with van der Waals surface area (Å²) >= 11 is 3.09. The number of carboxylic acid groups (broad SMARTS) is 1. The smallest absolute Gasteiger partial charge is 0.308 e. The molecule has 2 aliphatic heterocycles. The number of nitrogens with zero attached hydrogens (tertiary/aromatic N) is 2. The summed E-state index contributed by atoms with van der Waals surface area (Å²) in [6.07, 6.45) is 3.20. The molecule has 0 aliphatic carbocycles. The lowest BCUT2D eigenvalue weighted by atomic mass is 9.94. The first-order valence-corrected chi connectivity index (χ1v) is 16.0. The molecule has 10 heteroatoms. The minimum atomic E-state index is -0.885. The van der Waals surface area contributed by atoms with Crippen LogP contribution < -0.4 is 14.4 Å². The summed E-state index contributed by atoms with van der Waals surface area (Å²) in [5.74, 6) is -0.585. The van der Waals surface area contributed by atoms with Crippen molar-refractivity contribution >= 4 is 47.0 Å². The summed E-state index contributed by atoms with van der Waals surface area (Å²) < 4.78 is 11.5. The number of fused-ring (bicyclic) bond motifs is 1. The quantitative estimate of drug-likeness (QED) is 0.384. The number of anilines is 1. The average Bonchev–Trinajstić information content (AvgIpc) is 3.06. The number of piperidine rings is 1. The highest BCUT2D eigenvalue weighted by Crippen LogP contribution is 2.51. The van der Waals surface area contributed by atoms with E-state index < -0.39 is 17.1 Å². The summed E-state index contributed by atoms with van der Waals surface area (Å²) in [6.45, 7) is 7.44. The molecular formula is C31H40N2O6S2. The van der Waals surface area contributed by atoms with E-state index in [2.05, 4.69) is 26.8 Å². The normalized spacial score (nSPS) is 21.2. The second-order valence-electron chi connectivity index (χ2n) is 11.7. The van der Waals surface area contributed by atoms with Crippen LogP contribution >= 0.6 is 23.5 Å². The predicted molar refractivity (Wildman–Crippen MR) is 164 cm³/mol. The Balaban J connectivity index is 1.82. The highest BCUT2D eigenvalue weighted by molar-refractivity contribution is 8.01. The van der Waals surface area contributed by atoms with Crippen LogP contribution in [0.15, 0.2) is 41.3 Å². The number of amides is 2. The van der Waals surface area contributed by atoms with Crippen molar-refractivity contribution in [1.29, 1.82) is 0 Å². The number of ether oxygens (including phenoxy) is 2. The summed E-state index contributed by atoms with van der Waals surface area (Å²) in [7, 11) is 3.20. The SMILES string of the molecule is COc1cccc(C2SC(CC(=O)N3CCCC(C(=O)O)C3)C(=O)N(CC(C)(C)C)c3ccc(SC)cc32)c1OC. The van der Waals surface area contributed by atoms with Crippen molar-refractivity contribution < 1.29 is 29.0 Å². The molecule has 2 heterocycles. The third kappa shape index (κ3) is 6.97. The minimum Gasteiger partial charge on any atom is -0.493 e. The topological polar surface area (TPSA) is 96.4 Å². The molecule has 2 aromatic rings. The Morgan fingerprint density at radius 2 is 1.88 bits per heavy atom. The minimum absolute atomic E-state index is 0.0113. The number of hydrogen-bond donors (Lipinski definition) is 1. The van der Waals surface area contributed by atoms with E-state index in [0.29, 0.717) is 37.4 Å². The Hall–Kier alpha value is -2.85. The van der Waals surface area contributed by atoms with Crippen LogP contribution in [0, 0.1) is 11.3 Å². The zero-order chi connectivity index (χ0) is 29.9. The fraction of sp³-hybridized carbons (Fsp3) is 0.516. The average molecular weight is 601 g/mol. The van der Waals surface area contributed by atoms with Gasteiger partial charge in [0.25, 0.3) is 0 Å². The van der Waals surface area contributed by atoms with Gasteiger partial charge in [-0.25, -0.2) is 0 Å². The van der Waals surface area contributed by atoms with E-state index in [1.54, 1.807) is 30.9 Å². The molecule has 0 aromatic heterocycles. The van der Waals surface area contributed by atoms with Gasteiger partial charge in [-0.3, -0.25) is 14.4 Å². The van der Waals surface area contributed by atoms with Gasteiger partial charge < -0.3 is 24.4 Å². The standard InChI is InChI=1S/C31H40N2O6S2/c1-31(2,3)18-33-23-13-12-20(40-6)15-22(23)28(21-10-7-11-24(38-4)27(21)39-5)41-25(29(33)35)16-26(34)32-14-8-9-19(17-32)30(36)37/h7,10-13,15,19,25,28H,8-9,14,16-18H2,1-6H3,(H,36,37). The van der Waals surface area contributed by atoms with Crippen molar-refractivity contribution in [2.24, 2.45) is 11.3 Å². The van der Waals surface area contributed by atoms with E-state index in [9.17, 15) is 19.5 Å². The Morgan fingerprint density at radius 1 is 1.12 bits per heavy atom. The molecule has 3 unspecified atom stereocenters. The Labute approximate surface area is 251 Å². The van der Waals surface area contributed by atoms with Gasteiger partial charge in [-0.15, -0.1) is 23.5 Å². The van der Waals surface area contributed by atoms with Crippen molar-refractivity contribution in [2.45, 2.75) is 55.4 Å². The van der Waals surface area contributed by atoms with Crippen LogP contribution in [0.2, 0.25) is 0 Å². The van der Waals surface area contributed by atoms with E-state index in [4.69, 9.17) is 9.47 Å². The Morgan fingerprint density at radius 3 is 2.51 bits per heavy atom. The summed E-state index contributed by atoms with van der Waals surface area (Å²) in [4.78, 5) is 44.2. The van der Waals surface area contributed by atoms with Crippen LogP contribution in [0.4, 0.5) is 5.69 Å². The molecule has 2 aromatic carbocycles. The molecule has 2 amide bonds. The number of thioether (sulfide) groups is 2. The van der Waals surface area contributed by atoms with Crippen molar-refractivity contribution in [2.75, 3.05) is 45.0 Å². The predicted octanol–water partition coefficient (Wildman–Crippen LogP) is 5.72. The van der Waals surface area contributed by atoms with E-state index in [1.807, 2.05) is 41.5 Å². The molecule has 0 radical (unpaired) electrons. The number of rotatable bonds is 8. The van der Waals surface area contributed by atoms with Gasteiger partial charge in [-0.05, 0) is 54.3 Å². The third-order valence-corrected chi connectivity index (χ3v) is 9.68. The number of carbonyl (C=O) groups is 3. The van der Waals surface area contributed by atoms with Gasteiger partial charge >= 0.3 is 5.97 Å². The number of hydrogen-bond acceptors (Lipinski definition) is 7. The van der Waals surface area contributed by atoms with E-state index in [0.717, 1.165) is 21.7 Å². The van der Waals surface area contributed by atoms with Gasteiger partial charge in [0.1, 0.15) is 0 Å². The lowest BCUT2D eigenvalue weighted by molar-refractivity contribution is -0.146. The molecule has 1 N–H and O–H groups in total. The molecule has 0 spiro atoms. The van der Waals surface area contributed by atoms with Crippen molar-refractivity contribution in [3.8, 4) is 11.5 Å². The number of likely N-dealkylation sites (tertiary alicyclic amines) is 1. The highest BCUT2D eigenvalue weighted by atomic mass is 32.2. The summed E-state index contributed by atoms with van der Waals surface area (Å²) in [6, 6.07) is 11.9. The number of methoxy groups -OCH3 is 2. The summed E-state index contributed by atoms with van der Waals surface area (Å²) in [5, 5.41) is 8.55. The second kappa shape index (κ2) is 13.0. The van der Waals surface area contributed by atoms with Gasteiger partial charge in [-0.1, -0.05) is 32.9 Å². The molecule has 4 rings (SSSR count). The Kier molecular flexibility index (Phi) is 9.85. The third-order valence-electron chi connectivity index (χ3n) is 7.48. The number of carbonyl (C=O) groups excluding carboxylic acids is 2. The van der Waals surface area contributed by atoms with Gasteiger partial charge in [0.2, 0.25) is 11.8 Å². The maximum Gasteiger partial charge on any atom is 0.308 e. The molecule has 222 valence electrons. The fourth-order valence-electron chi connectivity index (χ4n) is 5.53. The number of para-hydroxylation sites is 1. The van der Waals surface area contributed by atoms with E-state index in [1.165, 1.54) is 11.8 Å². The lowest BCUT2D eigenvalue weighted by Gasteiger charge is -2.33. The van der Waals surface area contributed by atoms with Crippen LogP contribution in [0.5, 0.6) is 11.5 Å². The Bertz CT molecular complexity index is 1290. The van der Waals surface area contributed by atoms with Crippen LogP contribution in [-0.4, -0.2) is 73.1 Å². The maximum atomic E-state index is 14.4. The van der Waals surface area contributed by atoms with Crippen molar-refractivity contribution in [3.05, 3.63) is 47.5 Å². The van der Waals surface area contributed by atoms with Crippen LogP contribution in [0.3, 0.4) is 0 Å². The monoisotopic (exact) mass is 600 g/mol. The molecule has 2 aliphatic rings. The molecule has 41 heavy (non-hydrogen) atoms. The molecule has 8 nitrogen and oxygen atoms in total. The first kappa shape index (κ1) is 31.1. The zero-order valence-corrected chi connectivity index (χ0v) is 26.3. The number of carboxylic acids is 1. The maximum absolute atomic E-state index is 14.4. The molecule has 0 bridgehead atoms. The zero-order valence-electron chi connectivity index (χ0n) is 24.6. The van der Waals surface area contributed by atoms with Gasteiger partial charge in [0.15, 0.2) is 11.5 Å². The molecular weight excluding hydrogens is 560 g/mol. The van der Waals surface area contributed by atoms with Crippen molar-refractivity contribution in [3.63, 3.8) is 0 Å². The van der Waals surface area contributed by atoms with Gasteiger partial charge in [0.05, 0.1) is 30.6 Å².